The van der Waals surface area contributed by atoms with E-state index in [2.05, 4.69) is 0 Å². The minimum absolute atomic E-state index is 0.0812. The lowest BCUT2D eigenvalue weighted by Gasteiger charge is -2.35. The lowest BCUT2D eigenvalue weighted by atomic mass is 9.98. The van der Waals surface area contributed by atoms with Gasteiger partial charge in [-0.05, 0) is 12.3 Å². The maximum Gasteiger partial charge on any atom is 0.403 e. The van der Waals surface area contributed by atoms with Crippen LogP contribution in [0.2, 0.25) is 0 Å². The van der Waals surface area contributed by atoms with Gasteiger partial charge in [-0.3, -0.25) is 0 Å². The smallest absolute Gasteiger partial charge is 0.312 e. The van der Waals surface area contributed by atoms with Gasteiger partial charge >= 0.3 is 20.1 Å². The van der Waals surface area contributed by atoms with Crippen LogP contribution in [0.1, 0.15) is 52.4 Å². The van der Waals surface area contributed by atoms with E-state index in [1.807, 2.05) is 6.92 Å². The summed E-state index contributed by atoms with van der Waals surface area (Å²) in [5.74, 6) is -0.387. The molecule has 0 heterocycles. The topological polar surface area (TPSA) is 60.8 Å². The highest BCUT2D eigenvalue weighted by molar-refractivity contribution is 7.49. The standard InChI is InChI=1S/C13H24F6NO3P/c1-3-5-6-10(4-2)9-20(24(21,22)23)11(7-12(14,15)16)8-13(17,18)19/h10-11H,3-9H2,1-2H3,(H2,21,22,23). The van der Waals surface area contributed by atoms with Crippen molar-refractivity contribution < 1.29 is 40.7 Å². The van der Waals surface area contributed by atoms with Gasteiger partial charge in [0, 0.05) is 12.6 Å². The van der Waals surface area contributed by atoms with Crippen molar-refractivity contribution in [1.29, 1.82) is 0 Å². The highest BCUT2D eigenvalue weighted by Gasteiger charge is 2.46. The molecule has 0 saturated heterocycles. The van der Waals surface area contributed by atoms with Crippen LogP contribution in [0, 0.1) is 5.92 Å². The SMILES string of the molecule is CCCCC(CC)CN(C(CC(F)(F)F)CC(F)(F)F)P(=O)(O)O. The van der Waals surface area contributed by atoms with Crippen LogP contribution in [-0.4, -0.2) is 39.4 Å². The van der Waals surface area contributed by atoms with Gasteiger partial charge in [0.25, 0.3) is 0 Å². The molecule has 0 fully saturated rings. The van der Waals surface area contributed by atoms with Gasteiger partial charge in [-0.2, -0.15) is 26.3 Å². The largest absolute Gasteiger partial charge is 0.403 e. The van der Waals surface area contributed by atoms with Gasteiger partial charge in [0.2, 0.25) is 0 Å². The maximum absolute atomic E-state index is 12.6. The fraction of sp³-hybridized carbons (Fsp3) is 1.00. The summed E-state index contributed by atoms with van der Waals surface area (Å²) >= 11 is 0. The molecule has 0 aromatic carbocycles. The molecule has 0 aromatic rings. The first-order valence-electron chi connectivity index (χ1n) is 7.65. The van der Waals surface area contributed by atoms with Crippen molar-refractivity contribution in [2.24, 2.45) is 5.92 Å². The Morgan fingerprint density at radius 1 is 1.00 bits per heavy atom. The highest BCUT2D eigenvalue weighted by Crippen LogP contribution is 2.47. The number of alkyl halides is 6. The Morgan fingerprint density at radius 2 is 1.46 bits per heavy atom. The van der Waals surface area contributed by atoms with Gasteiger partial charge in [0.1, 0.15) is 0 Å². The van der Waals surface area contributed by atoms with Crippen molar-refractivity contribution in [2.45, 2.75) is 70.8 Å². The summed E-state index contributed by atoms with van der Waals surface area (Å²) in [7, 11) is -5.27. The fourth-order valence-electron chi connectivity index (χ4n) is 2.47. The first-order valence-corrected chi connectivity index (χ1v) is 9.22. The quantitative estimate of drug-likeness (QED) is 0.415. The van der Waals surface area contributed by atoms with Gasteiger partial charge in [-0.25, -0.2) is 9.24 Å². The van der Waals surface area contributed by atoms with Crippen molar-refractivity contribution >= 4 is 7.75 Å². The minimum Gasteiger partial charge on any atom is -0.312 e. The van der Waals surface area contributed by atoms with Gasteiger partial charge < -0.3 is 9.79 Å². The second kappa shape index (κ2) is 9.40. The fourth-order valence-corrected chi connectivity index (χ4v) is 3.50. The predicted molar refractivity (Wildman–Crippen MR) is 77.2 cm³/mol. The normalized spacial score (nSPS) is 15.3. The van der Waals surface area contributed by atoms with Crippen LogP contribution in [0.4, 0.5) is 26.3 Å². The average Bonchev–Trinajstić information content (AvgIpc) is 2.33. The first kappa shape index (κ1) is 23.7. The van der Waals surface area contributed by atoms with E-state index in [0.717, 1.165) is 6.42 Å². The number of halogens is 6. The Hall–Kier alpha value is -0.310. The monoisotopic (exact) mass is 387 g/mol. The van der Waals surface area contributed by atoms with Crippen LogP contribution in [0.25, 0.3) is 0 Å². The Morgan fingerprint density at radius 3 is 1.75 bits per heavy atom. The summed E-state index contributed by atoms with van der Waals surface area (Å²) in [4.78, 5) is 18.6. The third-order valence-corrected chi connectivity index (χ3v) is 4.84. The molecule has 24 heavy (non-hydrogen) atoms. The predicted octanol–water partition coefficient (Wildman–Crippen LogP) is 4.87. The van der Waals surface area contributed by atoms with Crippen LogP contribution in [0.3, 0.4) is 0 Å². The lowest BCUT2D eigenvalue weighted by molar-refractivity contribution is -0.172. The van der Waals surface area contributed by atoms with E-state index >= 15 is 0 Å². The molecule has 0 spiro atoms. The molecule has 0 radical (unpaired) electrons. The number of nitrogens with zero attached hydrogens (tertiary/aromatic N) is 1. The summed E-state index contributed by atoms with van der Waals surface area (Å²) in [6, 6.07) is -2.35. The molecule has 1 atom stereocenters. The molecule has 0 bridgehead atoms. The van der Waals surface area contributed by atoms with Crippen molar-refractivity contribution in [3.63, 3.8) is 0 Å². The van der Waals surface area contributed by atoms with Crippen molar-refractivity contribution in [2.75, 3.05) is 6.54 Å². The van der Waals surface area contributed by atoms with E-state index < -0.39 is 45.5 Å². The van der Waals surface area contributed by atoms with E-state index in [4.69, 9.17) is 0 Å². The zero-order valence-corrected chi connectivity index (χ0v) is 14.5. The summed E-state index contributed by atoms with van der Waals surface area (Å²) in [5, 5.41) is 0. The Balaban J connectivity index is 5.47. The molecule has 0 aliphatic carbocycles. The molecule has 4 nitrogen and oxygen atoms in total. The van der Waals surface area contributed by atoms with Gasteiger partial charge in [0.15, 0.2) is 0 Å². The molecular weight excluding hydrogens is 363 g/mol. The molecule has 0 aliphatic heterocycles. The summed E-state index contributed by atoms with van der Waals surface area (Å²) in [6.45, 7) is 3.04. The average molecular weight is 387 g/mol. The summed E-state index contributed by atoms with van der Waals surface area (Å²) in [6.07, 6.45) is -11.5. The van der Waals surface area contributed by atoms with Gasteiger partial charge in [-0.15, -0.1) is 0 Å². The van der Waals surface area contributed by atoms with Crippen molar-refractivity contribution in [3.8, 4) is 0 Å². The molecule has 1 unspecified atom stereocenters. The zero-order valence-electron chi connectivity index (χ0n) is 13.6. The Kier molecular flexibility index (Phi) is 9.28. The van der Waals surface area contributed by atoms with E-state index in [1.54, 1.807) is 6.92 Å². The first-order chi connectivity index (χ1) is 10.7. The van der Waals surface area contributed by atoms with Crippen LogP contribution in [-0.2, 0) is 4.57 Å². The molecular formula is C13H24F6NO3P. The van der Waals surface area contributed by atoms with Crippen molar-refractivity contribution in [3.05, 3.63) is 0 Å². The third-order valence-electron chi connectivity index (χ3n) is 3.68. The molecule has 2 N–H and O–H groups in total. The number of unbranched alkanes of at least 4 members (excludes halogenated alkanes) is 1. The lowest BCUT2D eigenvalue weighted by Crippen LogP contribution is -2.41. The maximum atomic E-state index is 12.6. The van der Waals surface area contributed by atoms with Crippen LogP contribution in [0.15, 0.2) is 0 Å². The molecule has 0 rings (SSSR count). The molecule has 0 aliphatic rings. The summed E-state index contributed by atoms with van der Waals surface area (Å²) in [5.41, 5.74) is 0. The summed E-state index contributed by atoms with van der Waals surface area (Å²) < 4.78 is 87.3. The molecule has 0 amide bonds. The van der Waals surface area contributed by atoms with E-state index in [-0.39, 0.29) is 10.6 Å². The van der Waals surface area contributed by atoms with Crippen molar-refractivity contribution in [1.82, 2.24) is 4.67 Å². The van der Waals surface area contributed by atoms with Gasteiger partial charge in [0.05, 0.1) is 12.8 Å². The molecule has 146 valence electrons. The van der Waals surface area contributed by atoms with E-state index in [9.17, 15) is 40.7 Å². The number of hydrogen-bond acceptors (Lipinski definition) is 1. The second-order valence-electron chi connectivity index (χ2n) is 5.84. The van der Waals surface area contributed by atoms with Crippen LogP contribution < -0.4 is 0 Å². The highest BCUT2D eigenvalue weighted by atomic mass is 31.2. The van der Waals surface area contributed by atoms with Gasteiger partial charge in [-0.1, -0.05) is 33.1 Å². The number of hydrogen-bond donors (Lipinski definition) is 2. The Bertz CT molecular complexity index is 393. The third kappa shape index (κ3) is 10.5. The number of rotatable bonds is 10. The van der Waals surface area contributed by atoms with Crippen LogP contribution >= 0.6 is 7.75 Å². The minimum atomic E-state index is -5.27. The van der Waals surface area contributed by atoms with E-state index in [1.165, 1.54) is 0 Å². The zero-order chi connectivity index (χ0) is 19.2. The molecule has 0 saturated carbocycles. The van der Waals surface area contributed by atoms with Crippen LogP contribution in [0.5, 0.6) is 0 Å². The molecule has 11 heteroatoms. The second-order valence-corrected chi connectivity index (χ2v) is 7.38. The van der Waals surface area contributed by atoms with E-state index in [0.29, 0.717) is 19.3 Å². The Labute approximate surface area is 137 Å². The molecule has 0 aromatic heterocycles.